The molecule has 0 N–H and O–H groups in total. The SMILES string of the molecule is COc1ccc(P2C[P+](SS)(c3ccc(OC)cc3)S2)cc1. The quantitative estimate of drug-likeness (QED) is 0.433. The van der Waals surface area contributed by atoms with E-state index >= 15 is 0 Å². The van der Waals surface area contributed by atoms with E-state index in [1.165, 1.54) is 16.5 Å². The van der Waals surface area contributed by atoms with Crippen molar-refractivity contribution in [2.45, 2.75) is 0 Å². The summed E-state index contributed by atoms with van der Waals surface area (Å²) < 4.78 is 10.5. The van der Waals surface area contributed by atoms with Crippen molar-refractivity contribution in [1.82, 2.24) is 0 Å². The average molecular weight is 387 g/mol. The topological polar surface area (TPSA) is 18.5 Å². The van der Waals surface area contributed by atoms with E-state index in [1.807, 2.05) is 0 Å². The molecule has 0 spiro atoms. The Labute approximate surface area is 145 Å². The molecule has 22 heavy (non-hydrogen) atoms. The Balaban J connectivity index is 1.74. The molecule has 116 valence electrons. The molecule has 7 heteroatoms. The van der Waals surface area contributed by atoms with Crippen molar-refractivity contribution in [3.8, 4) is 11.5 Å². The molecular formula is C15H17O2P2S3+. The molecule has 2 nitrogen and oxygen atoms in total. The van der Waals surface area contributed by atoms with Crippen molar-refractivity contribution < 1.29 is 9.47 Å². The lowest BCUT2D eigenvalue weighted by atomic mass is 10.3. The summed E-state index contributed by atoms with van der Waals surface area (Å²) in [5.41, 5.74) is -1.23. The van der Waals surface area contributed by atoms with Gasteiger partial charge in [-0.1, -0.05) is 11.7 Å². The van der Waals surface area contributed by atoms with Gasteiger partial charge in [0.2, 0.25) is 0 Å². The first-order valence-electron chi connectivity index (χ1n) is 6.68. The predicted octanol–water partition coefficient (Wildman–Crippen LogP) is 5.18. The number of hydrogen-bond donors (Lipinski definition) is 1. The van der Waals surface area contributed by atoms with Crippen LogP contribution in [0.25, 0.3) is 0 Å². The van der Waals surface area contributed by atoms with Gasteiger partial charge in [-0.25, -0.2) is 0 Å². The van der Waals surface area contributed by atoms with Crippen molar-refractivity contribution in [3.05, 3.63) is 48.5 Å². The van der Waals surface area contributed by atoms with Gasteiger partial charge < -0.3 is 9.47 Å². The standard InChI is InChI=1S/C15H16O2P2S3/c1-16-12-3-7-14(8-4-12)18-11-19(21-18,22-20)15-9-5-13(17-2)6-10-15/h3-10H,11H2,1-2H3/p+1. The third kappa shape index (κ3) is 3.25. The van der Waals surface area contributed by atoms with Crippen LogP contribution in [0.4, 0.5) is 0 Å². The van der Waals surface area contributed by atoms with E-state index in [-0.39, 0.29) is 7.12 Å². The highest BCUT2D eigenvalue weighted by atomic mass is 33.5. The molecule has 1 heterocycles. The maximum absolute atomic E-state index is 5.25. The lowest BCUT2D eigenvalue weighted by Crippen LogP contribution is -2.17. The summed E-state index contributed by atoms with van der Waals surface area (Å²) in [4.78, 5) is 0. The summed E-state index contributed by atoms with van der Waals surface area (Å²) in [5.74, 6) is 3.08. The van der Waals surface area contributed by atoms with Gasteiger partial charge in [-0.05, 0) is 53.8 Å². The van der Waals surface area contributed by atoms with Gasteiger partial charge in [-0.2, -0.15) is 0 Å². The number of methoxy groups -OCH3 is 2. The van der Waals surface area contributed by atoms with E-state index in [0.29, 0.717) is 0 Å². The molecule has 1 aliphatic heterocycles. The van der Waals surface area contributed by atoms with Crippen LogP contribution in [0, 0.1) is 0 Å². The molecular weight excluding hydrogens is 370 g/mol. The molecule has 2 aromatic rings. The van der Waals surface area contributed by atoms with E-state index < -0.39 is 5.67 Å². The smallest absolute Gasteiger partial charge is 0.186 e. The van der Waals surface area contributed by atoms with Gasteiger partial charge >= 0.3 is 0 Å². The van der Waals surface area contributed by atoms with Gasteiger partial charge in [0.05, 0.1) is 32.3 Å². The van der Waals surface area contributed by atoms with E-state index in [1.54, 1.807) is 24.6 Å². The van der Waals surface area contributed by atoms with Crippen molar-refractivity contribution in [2.75, 3.05) is 20.1 Å². The fourth-order valence-electron chi connectivity index (χ4n) is 2.22. The highest BCUT2D eigenvalue weighted by molar-refractivity contribution is 9.25. The van der Waals surface area contributed by atoms with Crippen LogP contribution < -0.4 is 20.1 Å². The lowest BCUT2D eigenvalue weighted by Gasteiger charge is -2.35. The zero-order valence-corrected chi connectivity index (χ0v) is 16.6. The third-order valence-corrected chi connectivity index (χ3v) is 26.0. The van der Waals surface area contributed by atoms with Gasteiger partial charge in [-0.3, -0.25) is 0 Å². The Hall–Kier alpha value is -0.0500. The molecule has 0 aliphatic carbocycles. The monoisotopic (exact) mass is 387 g/mol. The fourth-order valence-corrected chi connectivity index (χ4v) is 26.2. The van der Waals surface area contributed by atoms with E-state index in [2.05, 4.69) is 71.2 Å². The first kappa shape index (κ1) is 16.8. The van der Waals surface area contributed by atoms with Crippen molar-refractivity contribution in [2.24, 2.45) is 0 Å². The minimum absolute atomic E-state index is 0.129. The van der Waals surface area contributed by atoms with E-state index in [0.717, 1.165) is 11.5 Å². The number of thiol groups is 1. The molecule has 1 fully saturated rings. The van der Waals surface area contributed by atoms with Gasteiger partial charge in [0.25, 0.3) is 0 Å². The molecule has 0 saturated carbocycles. The molecule has 1 saturated heterocycles. The number of benzene rings is 2. The minimum atomic E-state index is -1.23. The Morgan fingerprint density at radius 2 is 1.50 bits per heavy atom. The van der Waals surface area contributed by atoms with Crippen LogP contribution >= 0.6 is 45.9 Å². The van der Waals surface area contributed by atoms with Crippen LogP contribution in [0.15, 0.2) is 48.5 Å². The number of ether oxygens (including phenoxy) is 2. The van der Waals surface area contributed by atoms with Gasteiger partial charge in [0.1, 0.15) is 33.1 Å². The summed E-state index contributed by atoms with van der Waals surface area (Å²) >= 11 is 6.72. The van der Waals surface area contributed by atoms with Crippen LogP contribution in [-0.2, 0) is 0 Å². The molecule has 2 unspecified atom stereocenters. The first-order valence-corrected chi connectivity index (χ1v) is 14.7. The average Bonchev–Trinajstić information content (AvgIpc) is 2.55. The zero-order chi connectivity index (χ0) is 15.6. The molecule has 2 atom stereocenters. The summed E-state index contributed by atoms with van der Waals surface area (Å²) in [7, 11) is 5.03. The second-order valence-electron chi connectivity index (χ2n) is 4.75. The highest BCUT2D eigenvalue weighted by Gasteiger charge is 2.57. The first-order chi connectivity index (χ1) is 10.7. The van der Waals surface area contributed by atoms with Gasteiger partial charge in [-0.15, -0.1) is 0 Å². The van der Waals surface area contributed by atoms with E-state index in [9.17, 15) is 0 Å². The van der Waals surface area contributed by atoms with Crippen LogP contribution in [0.2, 0.25) is 0 Å². The molecule has 1 aliphatic rings. The second kappa shape index (κ2) is 7.23. The Bertz CT molecular complexity index is 628. The van der Waals surface area contributed by atoms with Crippen molar-refractivity contribution in [3.63, 3.8) is 0 Å². The molecule has 2 aromatic carbocycles. The maximum atomic E-state index is 5.25. The van der Waals surface area contributed by atoms with Gasteiger partial charge in [0.15, 0.2) is 5.67 Å². The Morgan fingerprint density at radius 1 is 1.00 bits per heavy atom. The Morgan fingerprint density at radius 3 is 1.95 bits per heavy atom. The highest BCUT2D eigenvalue weighted by Crippen LogP contribution is 2.99. The van der Waals surface area contributed by atoms with Crippen LogP contribution in [0.5, 0.6) is 11.5 Å². The number of hydrogen-bond acceptors (Lipinski definition) is 5. The number of rotatable bonds is 5. The van der Waals surface area contributed by atoms with Crippen molar-refractivity contribution >= 4 is 56.5 Å². The second-order valence-corrected chi connectivity index (χ2v) is 19.0. The van der Waals surface area contributed by atoms with Crippen LogP contribution in [0.3, 0.4) is 0 Å². The molecule has 0 bridgehead atoms. The molecule has 0 amide bonds. The molecule has 0 aromatic heterocycles. The summed E-state index contributed by atoms with van der Waals surface area (Å²) in [6, 6.07) is 17.0. The lowest BCUT2D eigenvalue weighted by molar-refractivity contribution is 0.415. The zero-order valence-electron chi connectivity index (χ0n) is 12.3. The molecule has 0 radical (unpaired) electrons. The summed E-state index contributed by atoms with van der Waals surface area (Å²) in [5, 5.41) is 2.86. The third-order valence-electron chi connectivity index (χ3n) is 3.50. The molecule has 3 rings (SSSR count). The van der Waals surface area contributed by atoms with Crippen LogP contribution in [0.1, 0.15) is 0 Å². The van der Waals surface area contributed by atoms with Crippen LogP contribution in [-0.4, -0.2) is 20.1 Å². The summed E-state index contributed by atoms with van der Waals surface area (Å²) in [6.45, 7) is 0. The maximum Gasteiger partial charge on any atom is 0.186 e. The summed E-state index contributed by atoms with van der Waals surface area (Å²) in [6.07, 6.45) is 0. The minimum Gasteiger partial charge on any atom is -0.497 e. The Kier molecular flexibility index (Phi) is 5.52. The largest absolute Gasteiger partial charge is 0.497 e. The van der Waals surface area contributed by atoms with Gasteiger partial charge in [0, 0.05) is 0 Å². The van der Waals surface area contributed by atoms with Crippen molar-refractivity contribution in [1.29, 1.82) is 0 Å². The normalized spacial score (nSPS) is 23.7. The van der Waals surface area contributed by atoms with E-state index in [4.69, 9.17) is 9.47 Å². The fraction of sp³-hybridized carbons (Fsp3) is 0.200. The predicted molar refractivity (Wildman–Crippen MR) is 108 cm³/mol.